The molecule has 3 rings (SSSR count). The number of hydrogen-bond acceptors (Lipinski definition) is 4. The van der Waals surface area contributed by atoms with E-state index in [-0.39, 0.29) is 0 Å². The Morgan fingerprint density at radius 3 is 2.48 bits per heavy atom. The van der Waals surface area contributed by atoms with Crippen LogP contribution in [0, 0.1) is 0 Å². The highest BCUT2D eigenvalue weighted by Crippen LogP contribution is 2.24. The molecule has 0 atom stereocenters. The van der Waals surface area contributed by atoms with Crippen LogP contribution >= 0.6 is 0 Å². The molecule has 0 aliphatic rings. The van der Waals surface area contributed by atoms with Crippen molar-refractivity contribution >= 4 is 23.1 Å². The van der Waals surface area contributed by atoms with Gasteiger partial charge >= 0.3 is 5.63 Å². The summed E-state index contributed by atoms with van der Waals surface area (Å²) >= 11 is 0. The van der Waals surface area contributed by atoms with Gasteiger partial charge in [0.1, 0.15) is 17.1 Å². The highest BCUT2D eigenvalue weighted by atomic mass is 16.5. The van der Waals surface area contributed by atoms with Gasteiger partial charge in [-0.05, 0) is 35.4 Å². The summed E-state index contributed by atoms with van der Waals surface area (Å²) in [7, 11) is 3.21. The van der Waals surface area contributed by atoms with Crippen LogP contribution in [0.5, 0.6) is 11.5 Å². The van der Waals surface area contributed by atoms with Crippen molar-refractivity contribution in [2.45, 2.75) is 0 Å². The third-order valence-corrected chi connectivity index (χ3v) is 3.53. The van der Waals surface area contributed by atoms with Crippen LogP contribution in [-0.4, -0.2) is 14.2 Å². The van der Waals surface area contributed by atoms with Crippen molar-refractivity contribution in [1.29, 1.82) is 0 Å². The second-order valence-corrected chi connectivity index (χ2v) is 4.99. The SMILES string of the molecule is COc1cccc(/C=C/c2cc(=O)oc3cc(OC)ccc23)c1. The molecule has 0 amide bonds. The van der Waals surface area contributed by atoms with Gasteiger partial charge in [-0.2, -0.15) is 0 Å². The average Bonchev–Trinajstić information content (AvgIpc) is 2.59. The predicted octanol–water partition coefficient (Wildman–Crippen LogP) is 3.98. The smallest absolute Gasteiger partial charge is 0.336 e. The lowest BCUT2D eigenvalue weighted by atomic mass is 10.1. The molecular weight excluding hydrogens is 292 g/mol. The van der Waals surface area contributed by atoms with Crippen LogP contribution in [0.15, 0.2) is 57.7 Å². The van der Waals surface area contributed by atoms with E-state index in [0.29, 0.717) is 11.3 Å². The van der Waals surface area contributed by atoms with E-state index in [9.17, 15) is 4.79 Å². The van der Waals surface area contributed by atoms with E-state index in [1.807, 2.05) is 48.6 Å². The van der Waals surface area contributed by atoms with E-state index in [1.165, 1.54) is 6.07 Å². The Hall–Kier alpha value is -3.01. The predicted molar refractivity (Wildman–Crippen MR) is 91.0 cm³/mol. The third-order valence-electron chi connectivity index (χ3n) is 3.53. The normalized spacial score (nSPS) is 11.0. The molecule has 1 aromatic heterocycles. The number of ether oxygens (including phenoxy) is 2. The van der Waals surface area contributed by atoms with Gasteiger partial charge in [-0.25, -0.2) is 4.79 Å². The molecule has 1 heterocycles. The minimum atomic E-state index is -0.393. The van der Waals surface area contributed by atoms with Gasteiger partial charge in [-0.15, -0.1) is 0 Å². The van der Waals surface area contributed by atoms with Crippen molar-refractivity contribution in [1.82, 2.24) is 0 Å². The van der Waals surface area contributed by atoms with E-state index in [0.717, 1.165) is 22.3 Å². The molecule has 0 radical (unpaired) electrons. The Labute approximate surface area is 133 Å². The fourth-order valence-electron chi connectivity index (χ4n) is 2.36. The molecular formula is C19H16O4. The van der Waals surface area contributed by atoms with Crippen LogP contribution in [0.25, 0.3) is 23.1 Å². The van der Waals surface area contributed by atoms with Gasteiger partial charge in [-0.1, -0.05) is 24.3 Å². The first-order valence-electron chi connectivity index (χ1n) is 7.13. The zero-order valence-corrected chi connectivity index (χ0v) is 12.9. The van der Waals surface area contributed by atoms with E-state index in [2.05, 4.69) is 0 Å². The maximum absolute atomic E-state index is 11.8. The minimum Gasteiger partial charge on any atom is -0.497 e. The summed E-state index contributed by atoms with van der Waals surface area (Å²) in [5.74, 6) is 1.43. The molecule has 0 saturated heterocycles. The molecule has 116 valence electrons. The van der Waals surface area contributed by atoms with Gasteiger partial charge in [0.25, 0.3) is 0 Å². The number of methoxy groups -OCH3 is 2. The van der Waals surface area contributed by atoms with Crippen LogP contribution in [0.3, 0.4) is 0 Å². The minimum absolute atomic E-state index is 0.393. The van der Waals surface area contributed by atoms with E-state index < -0.39 is 5.63 Å². The molecule has 0 spiro atoms. The van der Waals surface area contributed by atoms with Gasteiger partial charge in [0.2, 0.25) is 0 Å². The van der Waals surface area contributed by atoms with E-state index >= 15 is 0 Å². The molecule has 0 bridgehead atoms. The fraction of sp³-hybridized carbons (Fsp3) is 0.105. The third kappa shape index (κ3) is 3.26. The summed E-state index contributed by atoms with van der Waals surface area (Å²) < 4.78 is 15.6. The second-order valence-electron chi connectivity index (χ2n) is 4.99. The number of hydrogen-bond donors (Lipinski definition) is 0. The Morgan fingerprint density at radius 2 is 1.70 bits per heavy atom. The maximum Gasteiger partial charge on any atom is 0.336 e. The topological polar surface area (TPSA) is 48.7 Å². The summed E-state index contributed by atoms with van der Waals surface area (Å²) in [5, 5.41) is 0.851. The van der Waals surface area contributed by atoms with Crippen molar-refractivity contribution in [3.8, 4) is 11.5 Å². The lowest BCUT2D eigenvalue weighted by molar-refractivity contribution is 0.414. The molecule has 0 unspecified atom stereocenters. The Bertz CT molecular complexity index is 922. The molecule has 0 saturated carbocycles. The van der Waals surface area contributed by atoms with Gasteiger partial charge in [-0.3, -0.25) is 0 Å². The number of benzene rings is 2. The standard InChI is InChI=1S/C19H16O4/c1-21-15-5-3-4-13(10-15)6-7-14-11-19(20)23-18-12-16(22-2)8-9-17(14)18/h3-12H,1-2H3/b7-6+. The summed E-state index contributed by atoms with van der Waals surface area (Å²) in [6.45, 7) is 0. The highest BCUT2D eigenvalue weighted by Gasteiger charge is 2.05. The number of fused-ring (bicyclic) bond motifs is 1. The van der Waals surface area contributed by atoms with Crippen molar-refractivity contribution in [3.05, 3.63) is 70.1 Å². The zero-order chi connectivity index (χ0) is 16.2. The first-order chi connectivity index (χ1) is 11.2. The molecule has 4 heteroatoms. The molecule has 2 aromatic carbocycles. The maximum atomic E-state index is 11.8. The molecule has 3 aromatic rings. The number of rotatable bonds is 4. The summed E-state index contributed by atoms with van der Waals surface area (Å²) in [6, 6.07) is 14.6. The first-order valence-corrected chi connectivity index (χ1v) is 7.13. The van der Waals surface area contributed by atoms with Gasteiger partial charge in [0.05, 0.1) is 14.2 Å². The van der Waals surface area contributed by atoms with Crippen molar-refractivity contribution in [2.75, 3.05) is 14.2 Å². The van der Waals surface area contributed by atoms with Crippen molar-refractivity contribution in [2.24, 2.45) is 0 Å². The van der Waals surface area contributed by atoms with Crippen molar-refractivity contribution in [3.63, 3.8) is 0 Å². The zero-order valence-electron chi connectivity index (χ0n) is 12.9. The molecule has 0 aliphatic carbocycles. The second kappa shape index (κ2) is 6.40. The summed E-state index contributed by atoms with van der Waals surface area (Å²) in [6.07, 6.45) is 3.82. The fourth-order valence-corrected chi connectivity index (χ4v) is 2.36. The van der Waals surface area contributed by atoms with Crippen LogP contribution in [-0.2, 0) is 0 Å². The van der Waals surface area contributed by atoms with Crippen molar-refractivity contribution < 1.29 is 13.9 Å². The first kappa shape index (κ1) is 14.9. The molecule has 0 aliphatic heterocycles. The Balaban J connectivity index is 2.05. The summed E-state index contributed by atoms with van der Waals surface area (Å²) in [5.41, 5.74) is 1.89. The molecule has 23 heavy (non-hydrogen) atoms. The molecule has 0 N–H and O–H groups in total. The van der Waals surface area contributed by atoms with Gasteiger partial charge in [0.15, 0.2) is 0 Å². The summed E-state index contributed by atoms with van der Waals surface area (Å²) in [4.78, 5) is 11.8. The Morgan fingerprint density at radius 1 is 0.913 bits per heavy atom. The monoisotopic (exact) mass is 308 g/mol. The van der Waals surface area contributed by atoms with Gasteiger partial charge in [0, 0.05) is 17.5 Å². The largest absolute Gasteiger partial charge is 0.497 e. The van der Waals surface area contributed by atoms with Gasteiger partial charge < -0.3 is 13.9 Å². The van der Waals surface area contributed by atoms with Crippen LogP contribution in [0.4, 0.5) is 0 Å². The average molecular weight is 308 g/mol. The van der Waals surface area contributed by atoms with Crippen LogP contribution in [0.1, 0.15) is 11.1 Å². The van der Waals surface area contributed by atoms with E-state index in [1.54, 1.807) is 20.3 Å². The lowest BCUT2D eigenvalue weighted by Gasteiger charge is -2.04. The van der Waals surface area contributed by atoms with Crippen LogP contribution < -0.4 is 15.1 Å². The van der Waals surface area contributed by atoms with E-state index in [4.69, 9.17) is 13.9 Å². The highest BCUT2D eigenvalue weighted by molar-refractivity contribution is 5.90. The molecule has 0 fully saturated rings. The molecule has 4 nitrogen and oxygen atoms in total. The Kier molecular flexibility index (Phi) is 4.15. The van der Waals surface area contributed by atoms with Crippen LogP contribution in [0.2, 0.25) is 0 Å². The quantitative estimate of drug-likeness (QED) is 0.684. The lowest BCUT2D eigenvalue weighted by Crippen LogP contribution is -1.98.